The van der Waals surface area contributed by atoms with Crippen LogP contribution < -0.4 is 15.4 Å². The molecule has 0 bridgehead atoms. The van der Waals surface area contributed by atoms with Gasteiger partial charge in [-0.25, -0.2) is 4.72 Å². The Morgan fingerprint density at radius 1 is 1.19 bits per heavy atom. The van der Waals surface area contributed by atoms with Crippen molar-refractivity contribution >= 4 is 32.9 Å². The van der Waals surface area contributed by atoms with E-state index in [9.17, 15) is 23.3 Å². The Kier molecular flexibility index (Phi) is 9.70. The number of para-hydroxylation sites is 1. The van der Waals surface area contributed by atoms with Gasteiger partial charge in [-0.05, 0) is 37.3 Å². The summed E-state index contributed by atoms with van der Waals surface area (Å²) in [5.74, 6) is -0.646. The van der Waals surface area contributed by atoms with Crippen LogP contribution in [0.1, 0.15) is 56.4 Å². The van der Waals surface area contributed by atoms with E-state index in [4.69, 9.17) is 0 Å². The summed E-state index contributed by atoms with van der Waals surface area (Å²) in [4.78, 5) is 26.6. The van der Waals surface area contributed by atoms with Gasteiger partial charge in [0.05, 0.1) is 12.0 Å². The lowest BCUT2D eigenvalue weighted by molar-refractivity contribution is -0.127. The number of carbonyl (C=O) groups is 2. The van der Waals surface area contributed by atoms with Gasteiger partial charge in [0.25, 0.3) is 16.1 Å². The Balaban J connectivity index is 1.78. The molecule has 2 aromatic rings. The second-order valence-corrected chi connectivity index (χ2v) is 12.2. The van der Waals surface area contributed by atoms with Gasteiger partial charge in [0.2, 0.25) is 5.91 Å². The van der Waals surface area contributed by atoms with E-state index < -0.39 is 22.2 Å². The van der Waals surface area contributed by atoms with Gasteiger partial charge in [0, 0.05) is 44.1 Å². The topological polar surface area (TPSA) is 136 Å². The summed E-state index contributed by atoms with van der Waals surface area (Å²) in [7, 11) is -0.697. The number of rotatable bonds is 11. The Hall–Kier alpha value is -2.94. The van der Waals surface area contributed by atoms with E-state index in [2.05, 4.69) is 21.4 Å². The highest BCUT2D eigenvalue weighted by molar-refractivity contribution is 7.87. The number of carbonyl (C=O) groups excluding carboxylic acids is 2. The van der Waals surface area contributed by atoms with Crippen molar-refractivity contribution in [3.8, 4) is 6.07 Å². The second-order valence-electron chi connectivity index (χ2n) is 10.2. The molecule has 1 aromatic heterocycles. The number of nitriles is 1. The zero-order valence-corrected chi connectivity index (χ0v) is 22.8. The molecule has 0 unspecified atom stereocenters. The predicted molar refractivity (Wildman–Crippen MR) is 143 cm³/mol. The standard InChI is InChI=1S/C26H38N6O4S/c1-18(2)15-20(17-27)29-25(33)21-10-6-7-11-22(21)30-26(34)24-16-19-9-5-8-12-23(19)32(24)14-13-28-37(35,36)31(3)4/h5,8-9,12,16,18,20-22,28H,6-7,10-11,13-15H2,1-4H3,(H,29,33)(H,30,34)/t20-,21+,22-/m0/s1. The van der Waals surface area contributed by atoms with Gasteiger partial charge >= 0.3 is 0 Å². The molecule has 0 saturated heterocycles. The van der Waals surface area contributed by atoms with Crippen LogP contribution in [0.4, 0.5) is 0 Å². The summed E-state index contributed by atoms with van der Waals surface area (Å²) in [5.41, 5.74) is 1.23. The number of nitrogens with one attached hydrogen (secondary N) is 3. The maximum absolute atomic E-state index is 13.5. The maximum Gasteiger partial charge on any atom is 0.278 e. The summed E-state index contributed by atoms with van der Waals surface area (Å²) < 4.78 is 29.7. The average Bonchev–Trinajstić information content (AvgIpc) is 3.22. The van der Waals surface area contributed by atoms with E-state index in [-0.39, 0.29) is 36.9 Å². The Bertz CT molecular complexity index is 1250. The minimum absolute atomic E-state index is 0.110. The number of hydrogen-bond acceptors (Lipinski definition) is 5. The van der Waals surface area contributed by atoms with E-state index in [1.54, 1.807) is 10.6 Å². The maximum atomic E-state index is 13.5. The van der Waals surface area contributed by atoms with E-state index in [0.717, 1.165) is 28.0 Å². The molecule has 11 heteroatoms. The van der Waals surface area contributed by atoms with Gasteiger partial charge < -0.3 is 15.2 Å². The van der Waals surface area contributed by atoms with Gasteiger partial charge in [0.1, 0.15) is 11.7 Å². The molecule has 1 aliphatic carbocycles. The quantitative estimate of drug-likeness (QED) is 0.410. The van der Waals surface area contributed by atoms with Crippen LogP contribution in [0.15, 0.2) is 30.3 Å². The zero-order chi connectivity index (χ0) is 27.2. The van der Waals surface area contributed by atoms with Crippen LogP contribution in [0.2, 0.25) is 0 Å². The van der Waals surface area contributed by atoms with Crippen LogP contribution in [0.25, 0.3) is 10.9 Å². The molecule has 1 aromatic carbocycles. The molecule has 1 heterocycles. The molecule has 1 saturated carbocycles. The summed E-state index contributed by atoms with van der Waals surface area (Å²) >= 11 is 0. The van der Waals surface area contributed by atoms with Crippen molar-refractivity contribution in [3.05, 3.63) is 36.0 Å². The molecule has 3 rings (SSSR count). The molecule has 10 nitrogen and oxygen atoms in total. The zero-order valence-electron chi connectivity index (χ0n) is 22.0. The molecule has 37 heavy (non-hydrogen) atoms. The van der Waals surface area contributed by atoms with Crippen LogP contribution in [-0.4, -0.2) is 61.8 Å². The molecule has 1 aliphatic rings. The lowest BCUT2D eigenvalue weighted by atomic mass is 9.83. The van der Waals surface area contributed by atoms with Crippen molar-refractivity contribution in [3.63, 3.8) is 0 Å². The average molecular weight is 531 g/mol. The first kappa shape index (κ1) is 28.6. The largest absolute Gasteiger partial charge is 0.347 e. The van der Waals surface area contributed by atoms with Crippen LogP contribution in [0.5, 0.6) is 0 Å². The highest BCUT2D eigenvalue weighted by Crippen LogP contribution is 2.26. The fourth-order valence-corrected chi connectivity index (χ4v) is 5.42. The van der Waals surface area contributed by atoms with Crippen LogP contribution >= 0.6 is 0 Å². The van der Waals surface area contributed by atoms with Crippen molar-refractivity contribution in [2.45, 2.75) is 64.6 Å². The molecule has 3 atom stereocenters. The summed E-state index contributed by atoms with van der Waals surface area (Å²) in [6, 6.07) is 10.6. The van der Waals surface area contributed by atoms with Crippen molar-refractivity contribution in [2.24, 2.45) is 11.8 Å². The molecule has 0 aliphatic heterocycles. The fraction of sp³-hybridized carbons (Fsp3) is 0.577. The Morgan fingerprint density at radius 3 is 2.57 bits per heavy atom. The lowest BCUT2D eigenvalue weighted by Crippen LogP contribution is -2.50. The van der Waals surface area contributed by atoms with E-state index in [1.165, 1.54) is 14.1 Å². The van der Waals surface area contributed by atoms with Crippen molar-refractivity contribution in [1.29, 1.82) is 5.26 Å². The van der Waals surface area contributed by atoms with E-state index in [1.807, 2.05) is 38.1 Å². The van der Waals surface area contributed by atoms with Crippen molar-refractivity contribution in [1.82, 2.24) is 24.2 Å². The van der Waals surface area contributed by atoms with Gasteiger partial charge in [0.15, 0.2) is 0 Å². The van der Waals surface area contributed by atoms with Gasteiger partial charge in [-0.1, -0.05) is 44.9 Å². The van der Waals surface area contributed by atoms with Crippen LogP contribution in [0, 0.1) is 23.2 Å². The molecule has 202 valence electrons. The minimum atomic E-state index is -3.60. The first-order valence-corrected chi connectivity index (χ1v) is 14.2. The van der Waals surface area contributed by atoms with Crippen molar-refractivity contribution in [2.75, 3.05) is 20.6 Å². The third kappa shape index (κ3) is 7.31. The van der Waals surface area contributed by atoms with Gasteiger partial charge in [-0.3, -0.25) is 9.59 Å². The highest BCUT2D eigenvalue weighted by Gasteiger charge is 2.34. The van der Waals surface area contributed by atoms with E-state index >= 15 is 0 Å². The SMILES string of the molecule is CC(C)C[C@@H](C#N)NC(=O)[C@@H]1CCCC[C@@H]1NC(=O)c1cc2ccccc2n1CCNS(=O)(=O)N(C)C. The summed E-state index contributed by atoms with van der Waals surface area (Å²) in [6.07, 6.45) is 3.68. The second kappa shape index (κ2) is 12.5. The molecular weight excluding hydrogens is 492 g/mol. The number of hydrogen-bond donors (Lipinski definition) is 3. The van der Waals surface area contributed by atoms with Crippen molar-refractivity contribution < 1.29 is 18.0 Å². The first-order chi connectivity index (χ1) is 17.5. The van der Waals surface area contributed by atoms with Crippen LogP contribution in [0.3, 0.4) is 0 Å². The lowest BCUT2D eigenvalue weighted by Gasteiger charge is -2.32. The summed E-state index contributed by atoms with van der Waals surface area (Å²) in [6.45, 7) is 4.38. The third-order valence-corrected chi connectivity index (χ3v) is 8.27. The van der Waals surface area contributed by atoms with E-state index in [0.29, 0.717) is 25.0 Å². The number of aromatic nitrogens is 1. The third-order valence-electron chi connectivity index (χ3n) is 6.74. The molecule has 0 radical (unpaired) electrons. The monoisotopic (exact) mass is 530 g/mol. The number of benzene rings is 1. The fourth-order valence-electron chi connectivity index (χ4n) is 4.81. The highest BCUT2D eigenvalue weighted by atomic mass is 32.2. The normalized spacial score (nSPS) is 19.1. The van der Waals surface area contributed by atoms with Gasteiger partial charge in [-0.15, -0.1) is 0 Å². The number of amides is 2. The molecule has 1 fully saturated rings. The molecular formula is C26H38N6O4S. The molecule has 3 N–H and O–H groups in total. The molecule has 0 spiro atoms. The summed E-state index contributed by atoms with van der Waals surface area (Å²) in [5, 5.41) is 16.3. The number of nitrogens with zero attached hydrogens (tertiary/aromatic N) is 3. The first-order valence-electron chi connectivity index (χ1n) is 12.8. The Labute approximate surface area is 219 Å². The minimum Gasteiger partial charge on any atom is -0.347 e. The smallest absolute Gasteiger partial charge is 0.278 e. The predicted octanol–water partition coefficient (Wildman–Crippen LogP) is 2.38. The Morgan fingerprint density at radius 2 is 1.89 bits per heavy atom. The van der Waals surface area contributed by atoms with Crippen LogP contribution in [-0.2, 0) is 21.5 Å². The van der Waals surface area contributed by atoms with Gasteiger partial charge in [-0.2, -0.15) is 18.0 Å². The molecule has 2 amide bonds. The number of fused-ring (bicyclic) bond motifs is 1.